The highest BCUT2D eigenvalue weighted by atomic mass is 19.1. The van der Waals surface area contributed by atoms with Crippen LogP contribution in [0.1, 0.15) is 29.7 Å². The molecular weight excluding hydrogens is 352 g/mol. The molecule has 142 valence electrons. The Morgan fingerprint density at radius 1 is 1.19 bits per heavy atom. The van der Waals surface area contributed by atoms with E-state index in [4.69, 9.17) is 0 Å². The highest BCUT2D eigenvalue weighted by Crippen LogP contribution is 2.21. The van der Waals surface area contributed by atoms with Gasteiger partial charge in [-0.05, 0) is 35.7 Å². The number of rotatable bonds is 5. The topological polar surface area (TPSA) is 70.2 Å². The molecule has 2 aromatic carbocycles. The summed E-state index contributed by atoms with van der Waals surface area (Å²) in [5, 5.41) is 8.74. The number of nitrogens with one attached hydrogen (secondary N) is 3. The van der Waals surface area contributed by atoms with Crippen molar-refractivity contribution in [2.45, 2.75) is 32.0 Å². The lowest BCUT2D eigenvalue weighted by molar-refractivity contribution is -0.128. The van der Waals surface area contributed by atoms with Gasteiger partial charge in [-0.2, -0.15) is 0 Å². The van der Waals surface area contributed by atoms with Crippen LogP contribution in [0, 0.1) is 11.6 Å². The van der Waals surface area contributed by atoms with Crippen molar-refractivity contribution in [2.24, 2.45) is 0 Å². The van der Waals surface area contributed by atoms with Crippen LogP contribution in [-0.2, 0) is 22.6 Å². The van der Waals surface area contributed by atoms with Crippen molar-refractivity contribution < 1.29 is 18.4 Å². The van der Waals surface area contributed by atoms with Gasteiger partial charge in [-0.15, -0.1) is 0 Å². The first-order valence-electron chi connectivity index (χ1n) is 8.75. The van der Waals surface area contributed by atoms with E-state index in [1.54, 1.807) is 6.92 Å². The highest BCUT2D eigenvalue weighted by molar-refractivity contribution is 5.88. The largest absolute Gasteiger partial charge is 0.346 e. The molecule has 27 heavy (non-hydrogen) atoms. The van der Waals surface area contributed by atoms with Gasteiger partial charge < -0.3 is 16.0 Å². The van der Waals surface area contributed by atoms with Gasteiger partial charge in [-0.3, -0.25) is 9.59 Å². The quantitative estimate of drug-likeness (QED) is 0.751. The Hall–Kier alpha value is -2.80. The van der Waals surface area contributed by atoms with Crippen molar-refractivity contribution in [2.75, 3.05) is 6.54 Å². The van der Waals surface area contributed by atoms with Crippen LogP contribution in [0.3, 0.4) is 0 Å². The molecule has 3 N–H and O–H groups in total. The van der Waals surface area contributed by atoms with Crippen molar-refractivity contribution in [1.82, 2.24) is 16.0 Å². The van der Waals surface area contributed by atoms with Crippen molar-refractivity contribution in [3.05, 3.63) is 70.8 Å². The second-order valence-electron chi connectivity index (χ2n) is 6.63. The van der Waals surface area contributed by atoms with E-state index in [1.165, 1.54) is 0 Å². The maximum Gasteiger partial charge on any atom is 0.242 e. The molecule has 2 atom stereocenters. The number of carbonyl (C=O) groups is 2. The molecule has 3 rings (SSSR count). The SMILES string of the molecule is C[C@H](NC(=O)Cc1cc(F)cc(F)c1)C(=O)NC1CNCc2ccccc21. The van der Waals surface area contributed by atoms with Crippen LogP contribution < -0.4 is 16.0 Å². The first-order valence-corrected chi connectivity index (χ1v) is 8.75. The van der Waals surface area contributed by atoms with Gasteiger partial charge in [0.1, 0.15) is 17.7 Å². The van der Waals surface area contributed by atoms with Gasteiger partial charge in [0.15, 0.2) is 0 Å². The van der Waals surface area contributed by atoms with Crippen LogP contribution in [0.4, 0.5) is 8.78 Å². The summed E-state index contributed by atoms with van der Waals surface area (Å²) in [5.74, 6) is -2.29. The molecule has 0 radical (unpaired) electrons. The molecule has 0 spiro atoms. The molecule has 0 fully saturated rings. The van der Waals surface area contributed by atoms with Crippen molar-refractivity contribution in [1.29, 1.82) is 0 Å². The number of hydrogen-bond acceptors (Lipinski definition) is 3. The van der Waals surface area contributed by atoms with Crippen LogP contribution in [-0.4, -0.2) is 24.4 Å². The maximum atomic E-state index is 13.2. The molecular formula is C20H21F2N3O2. The van der Waals surface area contributed by atoms with E-state index in [2.05, 4.69) is 16.0 Å². The zero-order valence-electron chi connectivity index (χ0n) is 14.9. The minimum atomic E-state index is -0.773. The summed E-state index contributed by atoms with van der Waals surface area (Å²) in [4.78, 5) is 24.5. The second-order valence-corrected chi connectivity index (χ2v) is 6.63. The van der Waals surface area contributed by atoms with Gasteiger partial charge in [0.05, 0.1) is 12.5 Å². The molecule has 1 heterocycles. The Balaban J connectivity index is 1.57. The Morgan fingerprint density at radius 2 is 1.89 bits per heavy atom. The molecule has 5 nitrogen and oxygen atoms in total. The third-order valence-corrected chi connectivity index (χ3v) is 4.47. The fourth-order valence-electron chi connectivity index (χ4n) is 3.18. The lowest BCUT2D eigenvalue weighted by atomic mass is 9.96. The average molecular weight is 373 g/mol. The standard InChI is InChI=1S/C20H21F2N3O2/c1-12(24-19(26)8-13-6-15(21)9-16(22)7-13)20(27)25-18-11-23-10-14-4-2-3-5-17(14)18/h2-7,9,12,18,23H,8,10-11H2,1H3,(H,24,26)(H,25,27)/t12-,18?/m0/s1. The molecule has 7 heteroatoms. The molecule has 0 saturated heterocycles. The summed E-state index contributed by atoms with van der Waals surface area (Å²) < 4.78 is 26.4. The predicted molar refractivity (Wildman–Crippen MR) is 96.7 cm³/mol. The van der Waals surface area contributed by atoms with E-state index in [0.717, 1.165) is 35.9 Å². The Morgan fingerprint density at radius 3 is 2.63 bits per heavy atom. The fraction of sp³-hybridized carbons (Fsp3) is 0.300. The van der Waals surface area contributed by atoms with E-state index in [-0.39, 0.29) is 23.9 Å². The third kappa shape index (κ3) is 4.89. The summed E-state index contributed by atoms with van der Waals surface area (Å²) in [7, 11) is 0. The normalized spacial score (nSPS) is 16.9. The van der Waals surface area contributed by atoms with Crippen LogP contribution in [0.5, 0.6) is 0 Å². The Kier molecular flexibility index (Phi) is 5.81. The smallest absolute Gasteiger partial charge is 0.242 e. The highest BCUT2D eigenvalue weighted by Gasteiger charge is 2.24. The van der Waals surface area contributed by atoms with Crippen molar-refractivity contribution in [3.63, 3.8) is 0 Å². The predicted octanol–water partition coefficient (Wildman–Crippen LogP) is 1.97. The second kappa shape index (κ2) is 8.26. The van der Waals surface area contributed by atoms with Crippen molar-refractivity contribution in [3.8, 4) is 0 Å². The zero-order chi connectivity index (χ0) is 19.4. The van der Waals surface area contributed by atoms with Gasteiger partial charge >= 0.3 is 0 Å². The Labute approximate surface area is 156 Å². The number of fused-ring (bicyclic) bond motifs is 1. The van der Waals surface area contributed by atoms with Gasteiger partial charge in [0, 0.05) is 19.2 Å². The Bertz CT molecular complexity index is 837. The van der Waals surface area contributed by atoms with Crippen LogP contribution in [0.25, 0.3) is 0 Å². The first-order chi connectivity index (χ1) is 12.9. The van der Waals surface area contributed by atoms with Crippen molar-refractivity contribution >= 4 is 11.8 Å². The number of carbonyl (C=O) groups excluding carboxylic acids is 2. The third-order valence-electron chi connectivity index (χ3n) is 4.47. The molecule has 0 saturated carbocycles. The van der Waals surface area contributed by atoms with Crippen LogP contribution >= 0.6 is 0 Å². The molecule has 1 aliphatic heterocycles. The van der Waals surface area contributed by atoms with E-state index in [9.17, 15) is 18.4 Å². The molecule has 1 aliphatic rings. The molecule has 2 amide bonds. The lowest BCUT2D eigenvalue weighted by Crippen LogP contribution is -2.48. The molecule has 0 aromatic heterocycles. The van der Waals surface area contributed by atoms with Gasteiger partial charge in [0.2, 0.25) is 11.8 Å². The van der Waals surface area contributed by atoms with Crippen LogP contribution in [0.2, 0.25) is 0 Å². The fourth-order valence-corrected chi connectivity index (χ4v) is 3.18. The molecule has 1 unspecified atom stereocenters. The van der Waals surface area contributed by atoms with Gasteiger partial charge in [0.25, 0.3) is 0 Å². The van der Waals surface area contributed by atoms with E-state index < -0.39 is 23.6 Å². The van der Waals surface area contributed by atoms with Gasteiger partial charge in [-0.25, -0.2) is 8.78 Å². The average Bonchev–Trinajstić information content (AvgIpc) is 2.61. The number of benzene rings is 2. The monoisotopic (exact) mass is 373 g/mol. The molecule has 2 aromatic rings. The minimum Gasteiger partial charge on any atom is -0.346 e. The number of halogens is 2. The van der Waals surface area contributed by atoms with Gasteiger partial charge in [-0.1, -0.05) is 24.3 Å². The number of amides is 2. The van der Waals surface area contributed by atoms with E-state index >= 15 is 0 Å². The summed E-state index contributed by atoms with van der Waals surface area (Å²) in [5.41, 5.74) is 2.39. The maximum absolute atomic E-state index is 13.2. The van der Waals surface area contributed by atoms with Crippen LogP contribution in [0.15, 0.2) is 42.5 Å². The van der Waals surface area contributed by atoms with E-state index in [1.807, 2.05) is 24.3 Å². The number of hydrogen-bond donors (Lipinski definition) is 3. The zero-order valence-corrected chi connectivity index (χ0v) is 14.9. The van der Waals surface area contributed by atoms with E-state index in [0.29, 0.717) is 6.54 Å². The summed E-state index contributed by atoms with van der Waals surface area (Å²) >= 11 is 0. The first kappa shape index (κ1) is 19.0. The summed E-state index contributed by atoms with van der Waals surface area (Å²) in [6, 6.07) is 9.83. The molecule has 0 aliphatic carbocycles. The summed E-state index contributed by atoms with van der Waals surface area (Å²) in [6.07, 6.45) is -0.208. The lowest BCUT2D eigenvalue weighted by Gasteiger charge is -2.28. The summed E-state index contributed by atoms with van der Waals surface area (Å²) in [6.45, 7) is 2.92. The minimum absolute atomic E-state index is 0.181. The molecule has 0 bridgehead atoms.